The second kappa shape index (κ2) is 12.0. The van der Waals surface area contributed by atoms with Crippen LogP contribution in [0.2, 0.25) is 0 Å². The average Bonchev–Trinajstić information content (AvgIpc) is 3.57. The molecule has 1 aromatic heterocycles. The molecule has 0 radical (unpaired) electrons. The van der Waals surface area contributed by atoms with Gasteiger partial charge in [-0.15, -0.1) is 5.10 Å². The summed E-state index contributed by atoms with van der Waals surface area (Å²) >= 11 is 0. The van der Waals surface area contributed by atoms with Gasteiger partial charge in [-0.1, -0.05) is 0 Å². The van der Waals surface area contributed by atoms with Crippen LogP contribution in [0, 0.1) is 12.8 Å². The summed E-state index contributed by atoms with van der Waals surface area (Å²) in [5.74, 6) is 1.76. The highest BCUT2D eigenvalue weighted by atomic mass is 16.6. The highest BCUT2D eigenvalue weighted by Crippen LogP contribution is 2.35. The minimum Gasteiger partial charge on any atom is -0.491 e. The third kappa shape index (κ3) is 8.33. The van der Waals surface area contributed by atoms with Crippen LogP contribution < -0.4 is 19.7 Å². The molecule has 10 heteroatoms. The van der Waals surface area contributed by atoms with Gasteiger partial charge in [0.1, 0.15) is 22.8 Å². The number of carbonyl (C=O) groups excluding carboxylic acids is 3. The number of nitrogens with one attached hydrogen (secondary N) is 1. The molecule has 41 heavy (non-hydrogen) atoms. The van der Waals surface area contributed by atoms with E-state index in [4.69, 9.17) is 14.2 Å². The van der Waals surface area contributed by atoms with E-state index in [2.05, 4.69) is 10.4 Å². The van der Waals surface area contributed by atoms with Gasteiger partial charge in [0.2, 0.25) is 5.91 Å². The molecule has 1 heterocycles. The van der Waals surface area contributed by atoms with Crippen molar-refractivity contribution in [2.24, 2.45) is 5.92 Å². The fourth-order valence-electron chi connectivity index (χ4n) is 4.11. The van der Waals surface area contributed by atoms with Crippen LogP contribution in [-0.4, -0.2) is 45.9 Å². The molecule has 4 rings (SSSR count). The average molecular weight is 563 g/mol. The molecule has 10 nitrogen and oxygen atoms in total. The number of rotatable bonds is 9. The Morgan fingerprint density at radius 3 is 2.39 bits per heavy atom. The van der Waals surface area contributed by atoms with Crippen molar-refractivity contribution in [3.63, 3.8) is 0 Å². The van der Waals surface area contributed by atoms with Crippen molar-refractivity contribution < 1.29 is 28.6 Å². The van der Waals surface area contributed by atoms with Crippen molar-refractivity contribution in [3.8, 4) is 17.2 Å². The first kappa shape index (κ1) is 29.6. The highest BCUT2D eigenvalue weighted by Gasteiger charge is 2.26. The Morgan fingerprint density at radius 1 is 1.07 bits per heavy atom. The number of hydrogen-bond acceptors (Lipinski definition) is 7. The minimum absolute atomic E-state index is 0.00934. The first-order chi connectivity index (χ1) is 19.3. The predicted molar refractivity (Wildman–Crippen MR) is 156 cm³/mol. The number of carbonyl (C=O) groups is 3. The molecule has 0 aliphatic heterocycles. The molecule has 0 unspecified atom stereocenters. The first-order valence-corrected chi connectivity index (χ1v) is 13.8. The number of anilines is 2. The third-order valence-electron chi connectivity index (χ3n) is 6.14. The molecule has 218 valence electrons. The Morgan fingerprint density at radius 2 is 1.78 bits per heavy atom. The molecular formula is C31H38N4O6. The van der Waals surface area contributed by atoms with E-state index >= 15 is 0 Å². The Hall–Kier alpha value is -4.34. The lowest BCUT2D eigenvalue weighted by Crippen LogP contribution is -2.30. The molecule has 1 aliphatic carbocycles. The molecule has 1 aliphatic rings. The SMILES string of the molecule is CC(=O)N(CC1CC1)c1ccc(Oc2cc(OC(C)C)cc(C(=O)Nc3ccn(C(=O)OC(C)(C)C)n3)c2)c(C)c1. The van der Waals surface area contributed by atoms with Gasteiger partial charge < -0.3 is 24.4 Å². The third-order valence-corrected chi connectivity index (χ3v) is 6.14. The molecule has 2 amide bonds. The Labute approximate surface area is 240 Å². The second-order valence-electron chi connectivity index (χ2n) is 11.6. The lowest BCUT2D eigenvalue weighted by Gasteiger charge is -2.22. The van der Waals surface area contributed by atoms with Gasteiger partial charge in [0.15, 0.2) is 5.82 Å². The Bertz CT molecular complexity index is 1430. The van der Waals surface area contributed by atoms with Crippen molar-refractivity contribution in [2.75, 3.05) is 16.8 Å². The maximum Gasteiger partial charge on any atom is 0.435 e. The first-order valence-electron chi connectivity index (χ1n) is 13.8. The molecule has 1 fully saturated rings. The summed E-state index contributed by atoms with van der Waals surface area (Å²) in [6, 6.07) is 12.1. The zero-order valence-electron chi connectivity index (χ0n) is 24.7. The number of aromatic nitrogens is 2. The predicted octanol–water partition coefficient (Wildman–Crippen LogP) is 6.57. The van der Waals surface area contributed by atoms with E-state index < -0.39 is 17.6 Å². The smallest absolute Gasteiger partial charge is 0.435 e. The summed E-state index contributed by atoms with van der Waals surface area (Å²) in [6.07, 6.45) is 2.94. The summed E-state index contributed by atoms with van der Waals surface area (Å²) < 4.78 is 18.4. The summed E-state index contributed by atoms with van der Waals surface area (Å²) in [4.78, 5) is 39.5. The molecule has 1 saturated carbocycles. The van der Waals surface area contributed by atoms with Crippen LogP contribution in [-0.2, 0) is 9.53 Å². The number of amides is 2. The molecule has 1 N–H and O–H groups in total. The van der Waals surface area contributed by atoms with E-state index in [1.807, 2.05) is 39.0 Å². The van der Waals surface area contributed by atoms with E-state index in [9.17, 15) is 14.4 Å². The van der Waals surface area contributed by atoms with E-state index in [1.54, 1.807) is 50.8 Å². The highest BCUT2D eigenvalue weighted by molar-refractivity contribution is 6.04. The van der Waals surface area contributed by atoms with E-state index in [0.717, 1.165) is 35.3 Å². The van der Waals surface area contributed by atoms with Gasteiger partial charge in [0.25, 0.3) is 5.91 Å². The van der Waals surface area contributed by atoms with Crippen LogP contribution >= 0.6 is 0 Å². The lowest BCUT2D eigenvalue weighted by molar-refractivity contribution is -0.116. The lowest BCUT2D eigenvalue weighted by atomic mass is 10.1. The van der Waals surface area contributed by atoms with Crippen LogP contribution in [0.15, 0.2) is 48.7 Å². The fourth-order valence-corrected chi connectivity index (χ4v) is 4.11. The van der Waals surface area contributed by atoms with Crippen LogP contribution in [0.3, 0.4) is 0 Å². The molecule has 0 atom stereocenters. The number of hydrogen-bond donors (Lipinski definition) is 1. The van der Waals surface area contributed by atoms with E-state index in [0.29, 0.717) is 23.2 Å². The van der Waals surface area contributed by atoms with Crippen molar-refractivity contribution in [2.45, 2.75) is 73.0 Å². The number of ether oxygens (including phenoxy) is 3. The van der Waals surface area contributed by atoms with Gasteiger partial charge in [0.05, 0.1) is 6.10 Å². The molecule has 3 aromatic rings. The quantitative estimate of drug-likeness (QED) is 0.314. The van der Waals surface area contributed by atoms with Gasteiger partial charge in [-0.2, -0.15) is 4.68 Å². The van der Waals surface area contributed by atoms with Gasteiger partial charge in [-0.05, 0) is 96.2 Å². The zero-order chi connectivity index (χ0) is 29.9. The van der Waals surface area contributed by atoms with Crippen molar-refractivity contribution >= 4 is 29.4 Å². The zero-order valence-corrected chi connectivity index (χ0v) is 24.7. The number of benzene rings is 2. The molecule has 0 saturated heterocycles. The van der Waals surface area contributed by atoms with Crippen molar-refractivity contribution in [3.05, 3.63) is 59.8 Å². The summed E-state index contributed by atoms with van der Waals surface area (Å²) in [5.41, 5.74) is 1.28. The Balaban J connectivity index is 1.53. The standard InChI is InChI=1S/C31H38N4O6/c1-19(2)39-25-15-23(29(37)32-28-12-13-35(33-28)30(38)41-31(5,6)7)16-26(17-25)40-27-11-10-24(14-20(27)3)34(21(4)36)18-22-8-9-22/h10-17,19,22H,8-9,18H2,1-7H3,(H,32,33,37). The van der Waals surface area contributed by atoms with E-state index in [1.165, 1.54) is 12.3 Å². The van der Waals surface area contributed by atoms with Gasteiger partial charge in [0, 0.05) is 43.0 Å². The van der Waals surface area contributed by atoms with Gasteiger partial charge in [-0.25, -0.2) is 4.79 Å². The molecular weight excluding hydrogens is 524 g/mol. The maximum absolute atomic E-state index is 13.2. The molecule has 0 bridgehead atoms. The van der Waals surface area contributed by atoms with Gasteiger partial charge in [-0.3, -0.25) is 9.59 Å². The Kier molecular flexibility index (Phi) is 8.70. The summed E-state index contributed by atoms with van der Waals surface area (Å²) in [6.45, 7) is 13.3. The van der Waals surface area contributed by atoms with Crippen molar-refractivity contribution in [1.82, 2.24) is 9.78 Å². The van der Waals surface area contributed by atoms with E-state index in [-0.39, 0.29) is 23.4 Å². The van der Waals surface area contributed by atoms with Crippen LogP contribution in [0.4, 0.5) is 16.3 Å². The molecule has 2 aromatic carbocycles. The second-order valence-corrected chi connectivity index (χ2v) is 11.6. The molecule has 0 spiro atoms. The minimum atomic E-state index is -0.679. The fraction of sp³-hybridized carbons (Fsp3) is 0.419. The number of nitrogens with zero attached hydrogens (tertiary/aromatic N) is 3. The monoisotopic (exact) mass is 562 g/mol. The van der Waals surface area contributed by atoms with Crippen molar-refractivity contribution in [1.29, 1.82) is 0 Å². The summed E-state index contributed by atoms with van der Waals surface area (Å²) in [5, 5.41) is 6.81. The topological polar surface area (TPSA) is 112 Å². The van der Waals surface area contributed by atoms with Crippen LogP contribution in [0.1, 0.15) is 70.3 Å². The van der Waals surface area contributed by atoms with Gasteiger partial charge >= 0.3 is 6.09 Å². The van der Waals surface area contributed by atoms with Crippen LogP contribution in [0.5, 0.6) is 17.2 Å². The normalized spacial score (nSPS) is 13.1. The summed E-state index contributed by atoms with van der Waals surface area (Å²) in [7, 11) is 0. The largest absolute Gasteiger partial charge is 0.491 e. The van der Waals surface area contributed by atoms with Crippen LogP contribution in [0.25, 0.3) is 0 Å². The maximum atomic E-state index is 13.2. The number of aryl methyl sites for hydroxylation is 1.